The second-order valence-corrected chi connectivity index (χ2v) is 3.49. The van der Waals surface area contributed by atoms with Crippen molar-refractivity contribution in [2.45, 2.75) is 19.3 Å². The number of nitrogens with two attached hydrogens (primary N) is 1. The normalized spacial score (nSPS) is 12.4. The van der Waals surface area contributed by atoms with Gasteiger partial charge in [-0.25, -0.2) is 0 Å². The van der Waals surface area contributed by atoms with E-state index in [1.165, 1.54) is 0 Å². The molecule has 0 saturated carbocycles. The Morgan fingerprint density at radius 1 is 1.64 bits per heavy atom. The molecule has 0 aliphatic carbocycles. The monoisotopic (exact) mass is 213 g/mol. The highest BCUT2D eigenvalue weighted by Crippen LogP contribution is 2.26. The van der Waals surface area contributed by atoms with Crippen molar-refractivity contribution < 1.29 is 9.90 Å². The Morgan fingerprint density at radius 3 is 2.71 bits per heavy atom. The summed E-state index contributed by atoms with van der Waals surface area (Å²) in [6, 6.07) is 4.94. The Bertz CT molecular complexity index is 352. The molecule has 0 radical (unpaired) electrons. The first-order chi connectivity index (χ1) is 6.56. The van der Waals surface area contributed by atoms with Crippen molar-refractivity contribution in [3.05, 3.63) is 28.8 Å². The van der Waals surface area contributed by atoms with E-state index < -0.39 is 11.9 Å². The summed E-state index contributed by atoms with van der Waals surface area (Å²) in [5.41, 5.74) is 6.69. The smallest absolute Gasteiger partial charge is 0.310 e. The maximum absolute atomic E-state index is 10.9. The molecule has 0 aliphatic heterocycles. The molecule has 0 bridgehead atoms. The Morgan fingerprint density at radius 2 is 2.29 bits per heavy atom. The highest BCUT2D eigenvalue weighted by molar-refractivity contribution is 6.33. The van der Waals surface area contributed by atoms with Crippen LogP contribution >= 0.6 is 11.6 Å². The van der Waals surface area contributed by atoms with Gasteiger partial charge in [-0.2, -0.15) is 0 Å². The minimum Gasteiger partial charge on any atom is -0.481 e. The number of hydrogen-bond acceptors (Lipinski definition) is 2. The zero-order chi connectivity index (χ0) is 10.7. The highest BCUT2D eigenvalue weighted by atomic mass is 35.5. The molecule has 3 N–H and O–H groups in total. The summed E-state index contributed by atoms with van der Waals surface area (Å²) in [6.07, 6.45) is 0.537. The third-order valence-electron chi connectivity index (χ3n) is 2.13. The van der Waals surface area contributed by atoms with Crippen LogP contribution in [0.1, 0.15) is 24.8 Å². The van der Waals surface area contributed by atoms with E-state index in [-0.39, 0.29) is 0 Å². The van der Waals surface area contributed by atoms with Crippen LogP contribution in [-0.4, -0.2) is 11.1 Å². The average Bonchev–Trinajstić information content (AvgIpc) is 2.11. The summed E-state index contributed by atoms with van der Waals surface area (Å²) in [4.78, 5) is 10.9. The number of anilines is 1. The quantitative estimate of drug-likeness (QED) is 0.759. The summed E-state index contributed by atoms with van der Waals surface area (Å²) >= 11 is 5.80. The molecule has 1 unspecified atom stereocenters. The van der Waals surface area contributed by atoms with Crippen LogP contribution in [0, 0.1) is 0 Å². The minimum atomic E-state index is -0.840. The van der Waals surface area contributed by atoms with E-state index in [1.807, 2.05) is 6.92 Å². The van der Waals surface area contributed by atoms with Crippen molar-refractivity contribution in [2.75, 3.05) is 5.73 Å². The van der Waals surface area contributed by atoms with Crippen LogP contribution in [-0.2, 0) is 4.79 Å². The molecule has 0 amide bonds. The van der Waals surface area contributed by atoms with E-state index >= 15 is 0 Å². The summed E-state index contributed by atoms with van der Waals surface area (Å²) in [5.74, 6) is -1.35. The molecule has 1 aromatic carbocycles. The van der Waals surface area contributed by atoms with Gasteiger partial charge in [0.25, 0.3) is 0 Å². The number of nitrogen functional groups attached to an aromatic ring is 1. The van der Waals surface area contributed by atoms with Gasteiger partial charge in [0.1, 0.15) is 0 Å². The first kappa shape index (κ1) is 10.9. The number of hydrogen-bond donors (Lipinski definition) is 2. The van der Waals surface area contributed by atoms with Crippen molar-refractivity contribution in [2.24, 2.45) is 0 Å². The Balaban J connectivity index is 3.06. The molecular weight excluding hydrogens is 202 g/mol. The third kappa shape index (κ3) is 2.17. The topological polar surface area (TPSA) is 63.3 Å². The fraction of sp³-hybridized carbons (Fsp3) is 0.300. The van der Waals surface area contributed by atoms with Gasteiger partial charge in [-0.1, -0.05) is 24.6 Å². The number of carbonyl (C=O) groups is 1. The van der Waals surface area contributed by atoms with Crippen LogP contribution in [0.2, 0.25) is 5.02 Å². The third-order valence-corrected chi connectivity index (χ3v) is 2.46. The van der Waals surface area contributed by atoms with Crippen LogP contribution in [0.4, 0.5) is 5.69 Å². The largest absolute Gasteiger partial charge is 0.481 e. The summed E-state index contributed by atoms with van der Waals surface area (Å²) in [6.45, 7) is 1.82. The summed E-state index contributed by atoms with van der Waals surface area (Å²) in [5, 5.41) is 9.32. The van der Waals surface area contributed by atoms with Crippen LogP contribution in [0.5, 0.6) is 0 Å². The number of halogens is 1. The lowest BCUT2D eigenvalue weighted by Gasteiger charge is -2.10. The number of carboxylic acid groups (broad SMARTS) is 1. The van der Waals surface area contributed by atoms with Gasteiger partial charge in [0.05, 0.1) is 16.6 Å². The SMILES string of the molecule is CCC(C(=O)O)c1ccc(N)c(Cl)c1. The van der Waals surface area contributed by atoms with E-state index in [2.05, 4.69) is 0 Å². The molecule has 1 aromatic rings. The molecule has 0 aromatic heterocycles. The summed E-state index contributed by atoms with van der Waals surface area (Å²) < 4.78 is 0. The van der Waals surface area contributed by atoms with Crippen molar-refractivity contribution in [1.82, 2.24) is 0 Å². The second kappa shape index (κ2) is 4.33. The highest BCUT2D eigenvalue weighted by Gasteiger charge is 2.17. The van der Waals surface area contributed by atoms with E-state index in [0.717, 1.165) is 0 Å². The minimum absolute atomic E-state index is 0.405. The standard InChI is InChI=1S/C10H12ClNO2/c1-2-7(10(13)14)6-3-4-9(12)8(11)5-6/h3-5,7H,2,12H2,1H3,(H,13,14). The maximum Gasteiger partial charge on any atom is 0.310 e. The number of aliphatic carboxylic acids is 1. The zero-order valence-electron chi connectivity index (χ0n) is 7.83. The molecule has 0 heterocycles. The number of rotatable bonds is 3. The molecule has 14 heavy (non-hydrogen) atoms. The van der Waals surface area contributed by atoms with Crippen molar-refractivity contribution in [3.63, 3.8) is 0 Å². The molecule has 0 fully saturated rings. The molecule has 1 rings (SSSR count). The van der Waals surface area contributed by atoms with Crippen molar-refractivity contribution in [1.29, 1.82) is 0 Å². The summed E-state index contributed by atoms with van der Waals surface area (Å²) in [7, 11) is 0. The van der Waals surface area contributed by atoms with E-state index in [4.69, 9.17) is 22.4 Å². The Hall–Kier alpha value is -1.22. The predicted molar refractivity (Wildman–Crippen MR) is 56.5 cm³/mol. The zero-order valence-corrected chi connectivity index (χ0v) is 8.58. The van der Waals surface area contributed by atoms with Gasteiger partial charge in [0, 0.05) is 0 Å². The fourth-order valence-corrected chi connectivity index (χ4v) is 1.50. The molecule has 0 saturated heterocycles. The lowest BCUT2D eigenvalue weighted by molar-refractivity contribution is -0.138. The van der Waals surface area contributed by atoms with Gasteiger partial charge in [-0.05, 0) is 24.1 Å². The maximum atomic E-state index is 10.9. The second-order valence-electron chi connectivity index (χ2n) is 3.08. The van der Waals surface area contributed by atoms with E-state index in [1.54, 1.807) is 18.2 Å². The Labute approximate surface area is 87.5 Å². The van der Waals surface area contributed by atoms with Crippen molar-refractivity contribution >= 4 is 23.3 Å². The average molecular weight is 214 g/mol. The van der Waals surface area contributed by atoms with Crippen LogP contribution in [0.25, 0.3) is 0 Å². The lowest BCUT2D eigenvalue weighted by Crippen LogP contribution is -2.10. The first-order valence-corrected chi connectivity index (χ1v) is 4.71. The molecule has 76 valence electrons. The molecule has 4 heteroatoms. The first-order valence-electron chi connectivity index (χ1n) is 4.34. The molecule has 0 aliphatic rings. The van der Waals surface area contributed by atoms with Gasteiger partial charge in [0.15, 0.2) is 0 Å². The molecule has 1 atom stereocenters. The van der Waals surface area contributed by atoms with Crippen molar-refractivity contribution in [3.8, 4) is 0 Å². The van der Waals surface area contributed by atoms with Crippen LogP contribution in [0.15, 0.2) is 18.2 Å². The Kier molecular flexibility index (Phi) is 3.36. The van der Waals surface area contributed by atoms with Crippen LogP contribution in [0.3, 0.4) is 0 Å². The van der Waals surface area contributed by atoms with Crippen LogP contribution < -0.4 is 5.73 Å². The molecule has 3 nitrogen and oxygen atoms in total. The number of carboxylic acids is 1. The van der Waals surface area contributed by atoms with Gasteiger partial charge < -0.3 is 10.8 Å². The van der Waals surface area contributed by atoms with Gasteiger partial charge in [-0.15, -0.1) is 0 Å². The predicted octanol–water partition coefficient (Wildman–Crippen LogP) is 2.50. The molecule has 0 spiro atoms. The number of benzene rings is 1. The lowest BCUT2D eigenvalue weighted by atomic mass is 9.96. The van der Waals surface area contributed by atoms with Gasteiger partial charge in [-0.3, -0.25) is 4.79 Å². The fourth-order valence-electron chi connectivity index (χ4n) is 1.31. The molecular formula is C10H12ClNO2. The van der Waals surface area contributed by atoms with E-state index in [9.17, 15) is 4.79 Å². The van der Waals surface area contributed by atoms with Gasteiger partial charge >= 0.3 is 5.97 Å². The van der Waals surface area contributed by atoms with E-state index in [0.29, 0.717) is 22.7 Å². The van der Waals surface area contributed by atoms with Gasteiger partial charge in [0.2, 0.25) is 0 Å².